The van der Waals surface area contributed by atoms with Gasteiger partial charge in [0.2, 0.25) is 0 Å². The van der Waals surface area contributed by atoms with Gasteiger partial charge >= 0.3 is 0 Å². The second-order valence-electron chi connectivity index (χ2n) is 6.59. The number of carbonyl (C=O) groups excluding carboxylic acids is 1. The number of anilines is 1. The Balaban J connectivity index is 1.45. The van der Waals surface area contributed by atoms with Crippen molar-refractivity contribution in [2.75, 3.05) is 31.1 Å². The number of pyridine rings is 1. The van der Waals surface area contributed by atoms with Crippen molar-refractivity contribution in [2.24, 2.45) is 0 Å². The number of amides is 1. The van der Waals surface area contributed by atoms with Crippen LogP contribution < -0.4 is 4.90 Å². The molecule has 0 N–H and O–H groups in total. The zero-order chi connectivity index (χ0) is 20.4. The Morgan fingerprint density at radius 1 is 1.07 bits per heavy atom. The van der Waals surface area contributed by atoms with E-state index in [0.29, 0.717) is 52.5 Å². The molecule has 0 spiro atoms. The van der Waals surface area contributed by atoms with Gasteiger partial charge in [-0.25, -0.2) is 4.98 Å². The fraction of sp³-hybridized carbons (Fsp3) is 0.190. The van der Waals surface area contributed by atoms with Crippen LogP contribution in [-0.4, -0.2) is 42.0 Å². The van der Waals surface area contributed by atoms with E-state index in [1.165, 1.54) is 11.3 Å². The molecule has 29 heavy (non-hydrogen) atoms. The third-order valence-corrected chi connectivity index (χ3v) is 6.30. The van der Waals surface area contributed by atoms with E-state index in [4.69, 9.17) is 23.2 Å². The van der Waals surface area contributed by atoms with Crippen molar-refractivity contribution in [3.05, 3.63) is 69.1 Å². The van der Waals surface area contributed by atoms with Gasteiger partial charge in [0.25, 0.3) is 5.91 Å². The van der Waals surface area contributed by atoms with Crippen LogP contribution in [0.5, 0.6) is 0 Å². The summed E-state index contributed by atoms with van der Waals surface area (Å²) in [7, 11) is 0. The SMILES string of the molecule is N#Cc1cccnc1N1CCN(C(=O)c2ccc(-c3cc(Cl)cc(Cl)c3)s2)CC1. The molecule has 0 radical (unpaired) electrons. The molecule has 1 aromatic carbocycles. The van der Waals surface area contributed by atoms with Gasteiger partial charge in [0.05, 0.1) is 10.4 Å². The maximum Gasteiger partial charge on any atom is 0.264 e. The van der Waals surface area contributed by atoms with Gasteiger partial charge in [-0.15, -0.1) is 11.3 Å². The molecule has 2 aromatic heterocycles. The molecule has 8 heteroatoms. The van der Waals surface area contributed by atoms with Crippen LogP contribution in [-0.2, 0) is 0 Å². The molecule has 1 aliphatic rings. The number of benzene rings is 1. The van der Waals surface area contributed by atoms with Gasteiger partial charge in [-0.2, -0.15) is 5.26 Å². The molecule has 0 atom stereocenters. The zero-order valence-corrected chi connectivity index (χ0v) is 17.6. The van der Waals surface area contributed by atoms with Crippen LogP contribution in [0.4, 0.5) is 5.82 Å². The number of nitrogens with zero attached hydrogens (tertiary/aromatic N) is 4. The molecule has 0 aliphatic carbocycles. The van der Waals surface area contributed by atoms with E-state index in [1.807, 2.05) is 29.2 Å². The number of halogens is 2. The van der Waals surface area contributed by atoms with Crippen molar-refractivity contribution >= 4 is 46.3 Å². The zero-order valence-electron chi connectivity index (χ0n) is 15.3. The minimum Gasteiger partial charge on any atom is -0.352 e. The van der Waals surface area contributed by atoms with Crippen molar-refractivity contribution in [1.82, 2.24) is 9.88 Å². The number of aromatic nitrogens is 1. The average Bonchev–Trinajstić information content (AvgIpc) is 3.23. The van der Waals surface area contributed by atoms with Crippen LogP contribution in [0.3, 0.4) is 0 Å². The first-order valence-corrected chi connectivity index (χ1v) is 10.6. The number of rotatable bonds is 3. The summed E-state index contributed by atoms with van der Waals surface area (Å²) in [6.45, 7) is 2.44. The largest absolute Gasteiger partial charge is 0.352 e. The molecule has 1 amide bonds. The molecule has 146 valence electrons. The fourth-order valence-corrected chi connectivity index (χ4v) is 4.80. The predicted molar refractivity (Wildman–Crippen MR) is 117 cm³/mol. The minimum absolute atomic E-state index is 0.00977. The lowest BCUT2D eigenvalue weighted by molar-refractivity contribution is 0.0751. The van der Waals surface area contributed by atoms with Crippen LogP contribution in [0.1, 0.15) is 15.2 Å². The van der Waals surface area contributed by atoms with Gasteiger partial charge in [0, 0.05) is 47.3 Å². The lowest BCUT2D eigenvalue weighted by Crippen LogP contribution is -2.49. The third kappa shape index (κ3) is 4.23. The highest BCUT2D eigenvalue weighted by Gasteiger charge is 2.25. The normalized spacial score (nSPS) is 14.0. The summed E-state index contributed by atoms with van der Waals surface area (Å²) >= 11 is 13.6. The van der Waals surface area contributed by atoms with E-state index < -0.39 is 0 Å². The Kier molecular flexibility index (Phi) is 5.72. The van der Waals surface area contributed by atoms with E-state index in [0.717, 1.165) is 10.4 Å². The van der Waals surface area contributed by atoms with E-state index in [-0.39, 0.29) is 5.91 Å². The first kappa shape index (κ1) is 19.7. The molecule has 1 aliphatic heterocycles. The van der Waals surface area contributed by atoms with Crippen molar-refractivity contribution in [3.8, 4) is 16.5 Å². The summed E-state index contributed by atoms with van der Waals surface area (Å²) in [5, 5.41) is 10.4. The Labute approximate surface area is 182 Å². The second kappa shape index (κ2) is 8.42. The van der Waals surface area contributed by atoms with Crippen LogP contribution in [0.15, 0.2) is 48.7 Å². The first-order chi connectivity index (χ1) is 14.0. The fourth-order valence-electron chi connectivity index (χ4n) is 3.32. The summed E-state index contributed by atoms with van der Waals surface area (Å²) in [6.07, 6.45) is 1.68. The summed E-state index contributed by atoms with van der Waals surface area (Å²) in [6, 6.07) is 14.8. The van der Waals surface area contributed by atoms with E-state index in [2.05, 4.69) is 16.0 Å². The van der Waals surface area contributed by atoms with Gasteiger partial charge in [0.15, 0.2) is 0 Å². The molecule has 1 saturated heterocycles. The first-order valence-electron chi connectivity index (χ1n) is 9.01. The Hall–Kier alpha value is -2.59. The quantitative estimate of drug-likeness (QED) is 0.575. The lowest BCUT2D eigenvalue weighted by atomic mass is 10.2. The number of carbonyl (C=O) groups is 1. The second-order valence-corrected chi connectivity index (χ2v) is 8.54. The molecule has 5 nitrogen and oxygen atoms in total. The van der Waals surface area contributed by atoms with E-state index in [9.17, 15) is 10.1 Å². The monoisotopic (exact) mass is 442 g/mol. The van der Waals surface area contributed by atoms with Crippen molar-refractivity contribution in [2.45, 2.75) is 0 Å². The highest BCUT2D eigenvalue weighted by atomic mass is 35.5. The smallest absolute Gasteiger partial charge is 0.264 e. The maximum atomic E-state index is 12.9. The molecule has 0 bridgehead atoms. The molecular weight excluding hydrogens is 427 g/mol. The number of piperazine rings is 1. The van der Waals surface area contributed by atoms with Gasteiger partial charge in [-0.1, -0.05) is 23.2 Å². The van der Waals surface area contributed by atoms with Gasteiger partial charge < -0.3 is 9.80 Å². The van der Waals surface area contributed by atoms with Crippen LogP contribution in [0.2, 0.25) is 10.0 Å². The Morgan fingerprint density at radius 3 is 2.48 bits per heavy atom. The van der Waals surface area contributed by atoms with Crippen molar-refractivity contribution in [1.29, 1.82) is 5.26 Å². The molecular formula is C21H16Cl2N4OS. The highest BCUT2D eigenvalue weighted by Crippen LogP contribution is 2.33. The van der Waals surface area contributed by atoms with Gasteiger partial charge in [-0.3, -0.25) is 4.79 Å². The summed E-state index contributed by atoms with van der Waals surface area (Å²) < 4.78 is 0. The standard InChI is InChI=1S/C21H16Cl2N4OS/c22-16-10-15(11-17(23)12-16)18-3-4-19(29-18)21(28)27-8-6-26(7-9-27)20-14(13-24)2-1-5-25-20/h1-5,10-12H,6-9H2. The Bertz CT molecular complexity index is 1080. The van der Waals surface area contributed by atoms with Crippen LogP contribution in [0, 0.1) is 11.3 Å². The summed E-state index contributed by atoms with van der Waals surface area (Å²) in [5.41, 5.74) is 1.45. The number of hydrogen-bond donors (Lipinski definition) is 0. The molecule has 0 saturated carbocycles. The summed E-state index contributed by atoms with van der Waals surface area (Å²) in [4.78, 5) is 22.8. The van der Waals surface area contributed by atoms with Crippen molar-refractivity contribution < 1.29 is 4.79 Å². The highest BCUT2D eigenvalue weighted by molar-refractivity contribution is 7.17. The van der Waals surface area contributed by atoms with Crippen molar-refractivity contribution in [3.63, 3.8) is 0 Å². The molecule has 3 aromatic rings. The minimum atomic E-state index is 0.00977. The lowest BCUT2D eigenvalue weighted by Gasteiger charge is -2.35. The maximum absolute atomic E-state index is 12.9. The third-order valence-electron chi connectivity index (χ3n) is 4.74. The van der Waals surface area contributed by atoms with Crippen LogP contribution in [0.25, 0.3) is 10.4 Å². The molecule has 1 fully saturated rings. The van der Waals surface area contributed by atoms with Gasteiger partial charge in [0.1, 0.15) is 11.9 Å². The van der Waals surface area contributed by atoms with Crippen LogP contribution >= 0.6 is 34.5 Å². The van der Waals surface area contributed by atoms with E-state index in [1.54, 1.807) is 24.4 Å². The topological polar surface area (TPSA) is 60.2 Å². The molecule has 3 heterocycles. The van der Waals surface area contributed by atoms with Gasteiger partial charge in [-0.05, 0) is 48.0 Å². The van der Waals surface area contributed by atoms with E-state index >= 15 is 0 Å². The number of nitriles is 1. The number of thiophene rings is 1. The molecule has 0 unspecified atom stereocenters. The number of hydrogen-bond acceptors (Lipinski definition) is 5. The Morgan fingerprint density at radius 2 is 1.79 bits per heavy atom. The summed E-state index contributed by atoms with van der Waals surface area (Å²) in [5.74, 6) is 0.689. The average molecular weight is 443 g/mol. The predicted octanol–water partition coefficient (Wildman–Crippen LogP) is 4.95. The molecule has 4 rings (SSSR count).